The molecule has 2 aromatic rings. The Labute approximate surface area is 143 Å². The van der Waals surface area contributed by atoms with E-state index in [0.29, 0.717) is 24.7 Å². The van der Waals surface area contributed by atoms with Crippen LogP contribution in [0.3, 0.4) is 0 Å². The van der Waals surface area contributed by atoms with Gasteiger partial charge in [-0.05, 0) is 42.9 Å². The number of amides is 1. The summed E-state index contributed by atoms with van der Waals surface area (Å²) in [6.45, 7) is 2.20. The number of benzene rings is 1. The fourth-order valence-electron chi connectivity index (χ4n) is 3.07. The van der Waals surface area contributed by atoms with E-state index in [-0.39, 0.29) is 5.91 Å². The van der Waals surface area contributed by atoms with Crippen LogP contribution in [0.4, 0.5) is 5.82 Å². The van der Waals surface area contributed by atoms with Gasteiger partial charge in [0.15, 0.2) is 0 Å². The summed E-state index contributed by atoms with van der Waals surface area (Å²) in [5, 5.41) is 0. The van der Waals surface area contributed by atoms with Crippen molar-refractivity contribution in [3.63, 3.8) is 0 Å². The summed E-state index contributed by atoms with van der Waals surface area (Å²) in [6.07, 6.45) is 5.42. The molecule has 2 heterocycles. The van der Waals surface area contributed by atoms with Crippen LogP contribution in [-0.2, 0) is 16.1 Å². The Morgan fingerprint density at radius 2 is 2.00 bits per heavy atom. The molecule has 0 aliphatic carbocycles. The third-order valence-electron chi connectivity index (χ3n) is 4.43. The van der Waals surface area contributed by atoms with Gasteiger partial charge >= 0.3 is 0 Å². The number of nitrogens with zero attached hydrogens (tertiary/aromatic N) is 2. The van der Waals surface area contributed by atoms with Crippen molar-refractivity contribution in [2.75, 3.05) is 18.1 Å². The topological polar surface area (TPSA) is 42.4 Å². The minimum atomic E-state index is 0.128. The number of rotatable bonds is 6. The summed E-state index contributed by atoms with van der Waals surface area (Å²) < 4.78 is 5.52. The second-order valence-electron chi connectivity index (χ2n) is 6.28. The molecule has 0 N–H and O–H groups in total. The third kappa shape index (κ3) is 4.65. The summed E-state index contributed by atoms with van der Waals surface area (Å²) in [6, 6.07) is 15.7. The molecule has 1 aromatic carbocycles. The highest BCUT2D eigenvalue weighted by Gasteiger charge is 2.20. The van der Waals surface area contributed by atoms with Crippen molar-refractivity contribution in [2.45, 2.75) is 32.2 Å². The van der Waals surface area contributed by atoms with Crippen LogP contribution in [0.5, 0.6) is 0 Å². The van der Waals surface area contributed by atoms with Gasteiger partial charge in [-0.1, -0.05) is 36.4 Å². The van der Waals surface area contributed by atoms with Gasteiger partial charge in [0, 0.05) is 25.8 Å². The third-order valence-corrected chi connectivity index (χ3v) is 4.43. The Balaban J connectivity index is 1.67. The maximum absolute atomic E-state index is 12.8. The fourth-order valence-corrected chi connectivity index (χ4v) is 3.07. The van der Waals surface area contributed by atoms with Gasteiger partial charge in [-0.15, -0.1) is 0 Å². The predicted octanol–water partition coefficient (Wildman–Crippen LogP) is 3.82. The molecule has 0 spiro atoms. The van der Waals surface area contributed by atoms with Gasteiger partial charge in [0.2, 0.25) is 5.91 Å². The molecule has 1 amide bonds. The first-order chi connectivity index (χ1) is 11.8. The summed E-state index contributed by atoms with van der Waals surface area (Å²) in [4.78, 5) is 19.0. The lowest BCUT2D eigenvalue weighted by atomic mass is 9.96. The number of hydrogen-bond donors (Lipinski definition) is 0. The molecule has 3 rings (SSSR count). The van der Waals surface area contributed by atoms with Gasteiger partial charge in [-0.3, -0.25) is 9.69 Å². The number of carbonyl (C=O) groups is 1. The van der Waals surface area contributed by atoms with Crippen molar-refractivity contribution in [1.82, 2.24) is 4.98 Å². The van der Waals surface area contributed by atoms with E-state index in [2.05, 4.69) is 4.98 Å². The van der Waals surface area contributed by atoms with E-state index in [1.807, 2.05) is 48.5 Å². The van der Waals surface area contributed by atoms with Crippen LogP contribution in [0.15, 0.2) is 54.7 Å². The lowest BCUT2D eigenvalue weighted by Crippen LogP contribution is -2.31. The first-order valence-electron chi connectivity index (χ1n) is 8.66. The zero-order chi connectivity index (χ0) is 16.6. The molecular formula is C20H24N2O2. The van der Waals surface area contributed by atoms with Gasteiger partial charge in [0.25, 0.3) is 0 Å². The van der Waals surface area contributed by atoms with Crippen LogP contribution in [0, 0.1) is 5.92 Å². The Hall–Kier alpha value is -2.20. The molecule has 1 fully saturated rings. The number of ether oxygens (including phenoxy) is 1. The molecule has 1 atom stereocenters. The minimum Gasteiger partial charge on any atom is -0.381 e. The highest BCUT2D eigenvalue weighted by Crippen LogP contribution is 2.21. The van der Waals surface area contributed by atoms with E-state index >= 15 is 0 Å². The van der Waals surface area contributed by atoms with Crippen LogP contribution >= 0.6 is 0 Å². The molecule has 1 unspecified atom stereocenters. The van der Waals surface area contributed by atoms with Gasteiger partial charge in [-0.25, -0.2) is 4.98 Å². The summed E-state index contributed by atoms with van der Waals surface area (Å²) in [5.41, 5.74) is 1.11. The van der Waals surface area contributed by atoms with Gasteiger partial charge < -0.3 is 4.74 Å². The zero-order valence-electron chi connectivity index (χ0n) is 13.9. The van der Waals surface area contributed by atoms with E-state index in [1.165, 1.54) is 0 Å². The normalized spacial score (nSPS) is 17.4. The Bertz CT molecular complexity index is 625. The molecule has 1 aromatic heterocycles. The maximum atomic E-state index is 12.8. The standard InChI is InChI=1S/C20H24N2O2/c23-20(12-11-18-9-6-14-24-16-18)22(19-10-4-5-13-21-19)15-17-7-2-1-3-8-17/h1-5,7-8,10,13,18H,6,9,11-12,14-16H2. The zero-order valence-corrected chi connectivity index (χ0v) is 13.9. The molecule has 1 aliphatic rings. The van der Waals surface area contributed by atoms with Crippen LogP contribution in [0.25, 0.3) is 0 Å². The molecule has 0 bridgehead atoms. The van der Waals surface area contributed by atoms with E-state index in [4.69, 9.17) is 4.74 Å². The van der Waals surface area contributed by atoms with Gasteiger partial charge in [0.1, 0.15) is 5.82 Å². The van der Waals surface area contributed by atoms with Crippen molar-refractivity contribution < 1.29 is 9.53 Å². The SMILES string of the molecule is O=C(CCC1CCCOC1)N(Cc1ccccc1)c1ccccn1. The molecule has 4 nitrogen and oxygen atoms in total. The Morgan fingerprint density at radius 1 is 1.17 bits per heavy atom. The fraction of sp³-hybridized carbons (Fsp3) is 0.400. The molecule has 4 heteroatoms. The average Bonchev–Trinajstić information content (AvgIpc) is 2.66. The number of pyridine rings is 1. The average molecular weight is 324 g/mol. The maximum Gasteiger partial charge on any atom is 0.228 e. The van der Waals surface area contributed by atoms with Crippen LogP contribution in [0.2, 0.25) is 0 Å². The molecule has 24 heavy (non-hydrogen) atoms. The molecule has 126 valence electrons. The van der Waals surface area contributed by atoms with Crippen molar-refractivity contribution in [2.24, 2.45) is 5.92 Å². The van der Waals surface area contributed by atoms with Crippen LogP contribution in [0.1, 0.15) is 31.2 Å². The monoisotopic (exact) mass is 324 g/mol. The number of carbonyl (C=O) groups excluding carboxylic acids is 1. The van der Waals surface area contributed by atoms with Crippen LogP contribution < -0.4 is 4.90 Å². The Morgan fingerprint density at radius 3 is 2.71 bits per heavy atom. The van der Waals surface area contributed by atoms with Gasteiger partial charge in [0.05, 0.1) is 6.54 Å². The summed E-state index contributed by atoms with van der Waals surface area (Å²) in [7, 11) is 0. The number of anilines is 1. The smallest absolute Gasteiger partial charge is 0.228 e. The predicted molar refractivity (Wildman–Crippen MR) is 94.6 cm³/mol. The quantitative estimate of drug-likeness (QED) is 0.811. The molecule has 0 saturated carbocycles. The van der Waals surface area contributed by atoms with Crippen molar-refractivity contribution in [3.05, 3.63) is 60.3 Å². The first kappa shape index (κ1) is 16.7. The van der Waals surface area contributed by atoms with E-state index in [9.17, 15) is 4.79 Å². The second kappa shape index (κ2) is 8.60. The molecular weight excluding hydrogens is 300 g/mol. The highest BCUT2D eigenvalue weighted by molar-refractivity contribution is 5.92. The van der Waals surface area contributed by atoms with Gasteiger partial charge in [-0.2, -0.15) is 0 Å². The largest absolute Gasteiger partial charge is 0.381 e. The number of aromatic nitrogens is 1. The van der Waals surface area contributed by atoms with E-state index in [1.54, 1.807) is 11.1 Å². The lowest BCUT2D eigenvalue weighted by Gasteiger charge is -2.25. The van der Waals surface area contributed by atoms with Crippen molar-refractivity contribution in [1.29, 1.82) is 0 Å². The lowest BCUT2D eigenvalue weighted by molar-refractivity contribution is -0.119. The first-order valence-corrected chi connectivity index (χ1v) is 8.66. The molecule has 0 radical (unpaired) electrons. The Kier molecular flexibility index (Phi) is 5.96. The number of hydrogen-bond acceptors (Lipinski definition) is 3. The molecule has 1 aliphatic heterocycles. The van der Waals surface area contributed by atoms with E-state index in [0.717, 1.165) is 38.0 Å². The van der Waals surface area contributed by atoms with E-state index < -0.39 is 0 Å². The second-order valence-corrected chi connectivity index (χ2v) is 6.28. The van der Waals surface area contributed by atoms with Crippen LogP contribution in [-0.4, -0.2) is 24.1 Å². The minimum absolute atomic E-state index is 0.128. The van der Waals surface area contributed by atoms with Crippen molar-refractivity contribution >= 4 is 11.7 Å². The summed E-state index contributed by atoms with van der Waals surface area (Å²) >= 11 is 0. The highest BCUT2D eigenvalue weighted by atomic mass is 16.5. The summed E-state index contributed by atoms with van der Waals surface area (Å²) in [5.74, 6) is 1.35. The molecule has 1 saturated heterocycles. The van der Waals surface area contributed by atoms with Crippen molar-refractivity contribution in [3.8, 4) is 0 Å².